The number of ether oxygens (including phenoxy) is 1. The highest BCUT2D eigenvalue weighted by molar-refractivity contribution is 5.93. The second-order valence-electron chi connectivity index (χ2n) is 7.97. The van der Waals surface area contributed by atoms with Crippen molar-refractivity contribution in [2.45, 2.75) is 24.7 Å². The monoisotopic (exact) mass is 389 g/mol. The summed E-state index contributed by atoms with van der Waals surface area (Å²) in [4.78, 5) is 32.0. The summed E-state index contributed by atoms with van der Waals surface area (Å²) in [5.41, 5.74) is 1.52. The number of carbonyl (C=O) groups excluding carboxylic acids is 2. The van der Waals surface area contributed by atoms with Crippen molar-refractivity contribution in [2.24, 2.45) is 11.8 Å². The Morgan fingerprint density at radius 3 is 2.76 bits per heavy atom. The summed E-state index contributed by atoms with van der Waals surface area (Å²) in [5, 5.41) is 2.98. The number of aromatic nitrogens is 1. The van der Waals surface area contributed by atoms with Crippen LogP contribution in [0.2, 0.25) is 0 Å². The van der Waals surface area contributed by atoms with E-state index in [2.05, 4.69) is 22.4 Å². The highest BCUT2D eigenvalue weighted by Gasteiger charge is 2.66. The molecule has 4 atom stereocenters. The molecule has 1 aromatic heterocycles. The third-order valence-corrected chi connectivity index (χ3v) is 6.21. The SMILES string of the molecule is O=C(NCc1ccncc1)C1C2C=C[C@@]3(CN(CCc4ccccc4)C(=O)C13)O2. The molecule has 1 spiro atoms. The predicted octanol–water partition coefficient (Wildman–Crippen LogP) is 1.72. The highest BCUT2D eigenvalue weighted by Crippen LogP contribution is 2.51. The molecule has 2 amide bonds. The second kappa shape index (κ2) is 7.12. The molecule has 29 heavy (non-hydrogen) atoms. The van der Waals surface area contributed by atoms with Gasteiger partial charge in [-0.2, -0.15) is 0 Å². The van der Waals surface area contributed by atoms with Gasteiger partial charge in [0.1, 0.15) is 5.60 Å². The number of hydrogen-bond donors (Lipinski definition) is 1. The molecule has 6 nitrogen and oxygen atoms in total. The van der Waals surface area contributed by atoms with E-state index in [4.69, 9.17) is 4.74 Å². The maximum Gasteiger partial charge on any atom is 0.230 e. The van der Waals surface area contributed by atoms with Crippen molar-refractivity contribution in [2.75, 3.05) is 13.1 Å². The number of amides is 2. The molecule has 2 fully saturated rings. The summed E-state index contributed by atoms with van der Waals surface area (Å²) in [5.74, 6) is -1.01. The fourth-order valence-electron chi connectivity index (χ4n) is 4.78. The van der Waals surface area contributed by atoms with E-state index >= 15 is 0 Å². The predicted molar refractivity (Wildman–Crippen MR) is 107 cm³/mol. The van der Waals surface area contributed by atoms with Crippen molar-refractivity contribution in [1.82, 2.24) is 15.2 Å². The Hall–Kier alpha value is -2.99. The number of likely N-dealkylation sites (tertiary alicyclic amines) is 1. The summed E-state index contributed by atoms with van der Waals surface area (Å²) in [6.07, 6.45) is 7.81. The lowest BCUT2D eigenvalue weighted by atomic mass is 9.77. The van der Waals surface area contributed by atoms with Crippen LogP contribution in [0.3, 0.4) is 0 Å². The number of rotatable bonds is 6. The van der Waals surface area contributed by atoms with Gasteiger partial charge in [-0.25, -0.2) is 0 Å². The summed E-state index contributed by atoms with van der Waals surface area (Å²) >= 11 is 0. The Labute approximate surface area is 169 Å². The average molecular weight is 389 g/mol. The molecule has 0 saturated carbocycles. The Balaban J connectivity index is 1.28. The molecule has 2 aromatic rings. The van der Waals surface area contributed by atoms with Crippen LogP contribution in [0.1, 0.15) is 11.1 Å². The molecule has 3 aliphatic rings. The van der Waals surface area contributed by atoms with Crippen LogP contribution in [0.5, 0.6) is 0 Å². The third kappa shape index (κ3) is 3.13. The molecule has 2 saturated heterocycles. The molecule has 2 bridgehead atoms. The first-order chi connectivity index (χ1) is 14.2. The number of fused-ring (bicyclic) bond motifs is 1. The molecule has 1 aromatic carbocycles. The van der Waals surface area contributed by atoms with Gasteiger partial charge in [0, 0.05) is 25.5 Å². The summed E-state index contributed by atoms with van der Waals surface area (Å²) in [6.45, 7) is 1.57. The number of hydrogen-bond acceptors (Lipinski definition) is 4. The van der Waals surface area contributed by atoms with E-state index in [1.165, 1.54) is 5.56 Å². The molecule has 4 heterocycles. The van der Waals surface area contributed by atoms with Gasteiger partial charge in [-0.15, -0.1) is 0 Å². The number of nitrogens with zero attached hydrogens (tertiary/aromatic N) is 2. The van der Waals surface area contributed by atoms with E-state index in [0.717, 1.165) is 12.0 Å². The Morgan fingerprint density at radius 1 is 1.17 bits per heavy atom. The fourth-order valence-corrected chi connectivity index (χ4v) is 4.78. The van der Waals surface area contributed by atoms with Crippen LogP contribution >= 0.6 is 0 Å². The van der Waals surface area contributed by atoms with Crippen LogP contribution in [-0.4, -0.2) is 46.5 Å². The maximum absolute atomic E-state index is 13.2. The van der Waals surface area contributed by atoms with Gasteiger partial charge in [-0.1, -0.05) is 42.5 Å². The maximum atomic E-state index is 13.2. The van der Waals surface area contributed by atoms with Crippen LogP contribution in [0.15, 0.2) is 67.0 Å². The van der Waals surface area contributed by atoms with Gasteiger partial charge >= 0.3 is 0 Å². The molecule has 5 rings (SSSR count). The van der Waals surface area contributed by atoms with Crippen LogP contribution in [0, 0.1) is 11.8 Å². The normalized spacial score (nSPS) is 29.3. The molecule has 148 valence electrons. The van der Waals surface area contributed by atoms with Crippen molar-refractivity contribution < 1.29 is 14.3 Å². The van der Waals surface area contributed by atoms with Crippen LogP contribution < -0.4 is 5.32 Å². The zero-order valence-electron chi connectivity index (χ0n) is 16.0. The van der Waals surface area contributed by atoms with E-state index in [-0.39, 0.29) is 17.9 Å². The lowest BCUT2D eigenvalue weighted by molar-refractivity contribution is -0.137. The quantitative estimate of drug-likeness (QED) is 0.764. The van der Waals surface area contributed by atoms with Gasteiger partial charge in [0.25, 0.3) is 0 Å². The Bertz CT molecular complexity index is 946. The number of nitrogens with one attached hydrogen (secondary N) is 1. The lowest BCUT2D eigenvalue weighted by Gasteiger charge is -2.23. The minimum atomic E-state index is -0.656. The largest absolute Gasteiger partial charge is 0.360 e. The minimum Gasteiger partial charge on any atom is -0.360 e. The Morgan fingerprint density at radius 2 is 1.97 bits per heavy atom. The first kappa shape index (κ1) is 18.1. The zero-order chi connectivity index (χ0) is 19.8. The fraction of sp³-hybridized carbons (Fsp3) is 0.348. The van der Waals surface area contributed by atoms with E-state index in [0.29, 0.717) is 19.6 Å². The average Bonchev–Trinajstić information content (AvgIpc) is 3.40. The van der Waals surface area contributed by atoms with E-state index < -0.39 is 17.4 Å². The summed E-state index contributed by atoms with van der Waals surface area (Å²) in [6, 6.07) is 13.9. The molecule has 0 radical (unpaired) electrons. The smallest absolute Gasteiger partial charge is 0.230 e. The van der Waals surface area contributed by atoms with Crippen LogP contribution in [0.4, 0.5) is 0 Å². The van der Waals surface area contributed by atoms with E-state index in [9.17, 15) is 9.59 Å². The summed E-state index contributed by atoms with van der Waals surface area (Å²) in [7, 11) is 0. The van der Waals surface area contributed by atoms with Crippen LogP contribution in [-0.2, 0) is 27.3 Å². The first-order valence-corrected chi connectivity index (χ1v) is 10.0. The van der Waals surface area contributed by atoms with Crippen molar-refractivity contribution in [3.8, 4) is 0 Å². The Kier molecular flexibility index (Phi) is 4.43. The molecule has 6 heteroatoms. The van der Waals surface area contributed by atoms with Crippen molar-refractivity contribution in [3.63, 3.8) is 0 Å². The topological polar surface area (TPSA) is 71.5 Å². The van der Waals surface area contributed by atoms with Gasteiger partial charge in [-0.3, -0.25) is 14.6 Å². The van der Waals surface area contributed by atoms with Crippen molar-refractivity contribution >= 4 is 11.8 Å². The second-order valence-corrected chi connectivity index (χ2v) is 7.97. The third-order valence-electron chi connectivity index (χ3n) is 6.21. The molecular weight excluding hydrogens is 366 g/mol. The molecule has 3 aliphatic heterocycles. The first-order valence-electron chi connectivity index (χ1n) is 10.0. The molecule has 1 N–H and O–H groups in total. The molecule has 3 unspecified atom stereocenters. The summed E-state index contributed by atoms with van der Waals surface area (Å²) < 4.78 is 6.18. The van der Waals surface area contributed by atoms with Crippen LogP contribution in [0.25, 0.3) is 0 Å². The number of benzene rings is 1. The number of pyridine rings is 1. The van der Waals surface area contributed by atoms with Gasteiger partial charge in [0.05, 0.1) is 24.5 Å². The zero-order valence-corrected chi connectivity index (χ0v) is 16.0. The van der Waals surface area contributed by atoms with Gasteiger partial charge < -0.3 is 15.0 Å². The minimum absolute atomic E-state index is 0.0249. The molecule has 0 aliphatic carbocycles. The van der Waals surface area contributed by atoms with Crippen molar-refractivity contribution in [1.29, 1.82) is 0 Å². The standard InChI is InChI=1S/C23H23N3O3/c27-21(25-14-17-7-11-24-12-8-17)19-18-6-10-23(29-18)15-26(22(28)20(19)23)13-9-16-4-2-1-3-5-16/h1-8,10-12,18-20H,9,13-15H2,(H,25,27)/t18?,19?,20?,23-/m0/s1. The molecular formula is C23H23N3O3. The van der Waals surface area contributed by atoms with Gasteiger partial charge in [0.2, 0.25) is 11.8 Å². The van der Waals surface area contributed by atoms with Crippen molar-refractivity contribution in [3.05, 3.63) is 78.1 Å². The van der Waals surface area contributed by atoms with E-state index in [1.807, 2.05) is 47.4 Å². The van der Waals surface area contributed by atoms with E-state index in [1.54, 1.807) is 12.4 Å². The van der Waals surface area contributed by atoms with Gasteiger partial charge in [-0.05, 0) is 29.7 Å². The van der Waals surface area contributed by atoms with Gasteiger partial charge in [0.15, 0.2) is 0 Å². The number of carbonyl (C=O) groups is 2. The lowest BCUT2D eigenvalue weighted by Crippen LogP contribution is -2.44. The highest BCUT2D eigenvalue weighted by atomic mass is 16.5.